The third-order valence-electron chi connectivity index (χ3n) is 5.78. The summed E-state index contributed by atoms with van der Waals surface area (Å²) in [5, 5.41) is 2.54. The van der Waals surface area contributed by atoms with Crippen molar-refractivity contribution in [1.29, 1.82) is 0 Å². The number of nitrogens with zero attached hydrogens (tertiary/aromatic N) is 1. The molecule has 0 saturated carbocycles. The lowest BCUT2D eigenvalue weighted by molar-refractivity contribution is -0.173. The summed E-state index contributed by atoms with van der Waals surface area (Å²) in [4.78, 5) is 26.6. The molecule has 0 fully saturated rings. The summed E-state index contributed by atoms with van der Waals surface area (Å²) in [6.45, 7) is 2.09. The van der Waals surface area contributed by atoms with Crippen molar-refractivity contribution in [2.24, 2.45) is 0 Å². The Morgan fingerprint density at radius 3 is 2.61 bits per heavy atom. The average Bonchev–Trinajstić information content (AvgIpc) is 2.88. The maximum Gasteiger partial charge on any atom is 0.381 e. The van der Waals surface area contributed by atoms with Crippen LogP contribution in [0.15, 0.2) is 60.7 Å². The van der Waals surface area contributed by atoms with Crippen LogP contribution in [0.1, 0.15) is 22.8 Å². The Hall–Kier alpha value is -3.56. The Labute approximate surface area is 228 Å². The van der Waals surface area contributed by atoms with Gasteiger partial charge in [-0.25, -0.2) is 4.79 Å². The van der Waals surface area contributed by atoms with Gasteiger partial charge in [-0.2, -0.15) is 8.78 Å². The van der Waals surface area contributed by atoms with Crippen molar-refractivity contribution >= 4 is 46.5 Å². The standard InChI is InChI=1S/C27H24Cl2F2N2O5/c1-3-36-26(35)27(30,31)16-8-11-20(28)22(12-16)32-25(34)19-10-9-17(13-21(19)29)37-15-18-14-33(2)23-6-4-5-7-24(23)38-18/h4-13,18H,3,14-15H2,1-2H3,(H,32,34)/t18-/m0/s1. The van der Waals surface area contributed by atoms with Crippen molar-refractivity contribution in [3.8, 4) is 11.5 Å². The zero-order valence-corrected chi connectivity index (χ0v) is 22.0. The van der Waals surface area contributed by atoms with E-state index in [2.05, 4.69) is 15.0 Å². The highest BCUT2D eigenvalue weighted by atomic mass is 35.5. The molecule has 4 rings (SSSR count). The number of ether oxygens (including phenoxy) is 3. The maximum atomic E-state index is 14.4. The first kappa shape index (κ1) is 27.5. The molecule has 1 amide bonds. The molecule has 38 heavy (non-hydrogen) atoms. The molecule has 0 aromatic heterocycles. The van der Waals surface area contributed by atoms with Crippen LogP contribution in [0.3, 0.4) is 0 Å². The number of benzene rings is 3. The summed E-state index contributed by atoms with van der Waals surface area (Å²) in [6, 6.07) is 15.3. The van der Waals surface area contributed by atoms with Gasteiger partial charge in [0.25, 0.3) is 5.91 Å². The van der Waals surface area contributed by atoms with Crippen LogP contribution in [0, 0.1) is 0 Å². The van der Waals surface area contributed by atoms with Crippen molar-refractivity contribution in [3.63, 3.8) is 0 Å². The molecule has 7 nitrogen and oxygen atoms in total. The Morgan fingerprint density at radius 1 is 1.11 bits per heavy atom. The van der Waals surface area contributed by atoms with Crippen molar-refractivity contribution in [1.82, 2.24) is 0 Å². The number of nitrogens with one attached hydrogen (secondary N) is 1. The van der Waals surface area contributed by atoms with Crippen LogP contribution in [0.5, 0.6) is 11.5 Å². The first-order chi connectivity index (χ1) is 18.1. The number of likely N-dealkylation sites (N-methyl/N-ethyl adjacent to an activating group) is 1. The highest BCUT2D eigenvalue weighted by Gasteiger charge is 2.43. The van der Waals surface area contributed by atoms with Crippen molar-refractivity contribution in [2.45, 2.75) is 19.0 Å². The predicted molar refractivity (Wildman–Crippen MR) is 141 cm³/mol. The number of alkyl halides is 2. The molecule has 1 heterocycles. The monoisotopic (exact) mass is 564 g/mol. The molecule has 1 aliphatic rings. The van der Waals surface area contributed by atoms with Crippen LogP contribution >= 0.6 is 23.2 Å². The molecule has 0 saturated heterocycles. The number of halogens is 4. The minimum absolute atomic E-state index is 0.00291. The number of carbonyl (C=O) groups excluding carboxylic acids is 2. The highest BCUT2D eigenvalue weighted by molar-refractivity contribution is 6.36. The fourth-order valence-electron chi connectivity index (χ4n) is 3.88. The molecular weight excluding hydrogens is 541 g/mol. The van der Waals surface area contributed by atoms with E-state index in [0.717, 1.165) is 29.6 Å². The zero-order valence-electron chi connectivity index (χ0n) is 20.5. The molecule has 0 unspecified atom stereocenters. The number of rotatable bonds is 8. The van der Waals surface area contributed by atoms with E-state index < -0.39 is 23.4 Å². The van der Waals surface area contributed by atoms with Crippen LogP contribution in [0.25, 0.3) is 0 Å². The van der Waals surface area contributed by atoms with Gasteiger partial charge in [0.1, 0.15) is 24.2 Å². The largest absolute Gasteiger partial charge is 0.490 e. The van der Waals surface area contributed by atoms with Crippen LogP contribution in [-0.2, 0) is 15.5 Å². The van der Waals surface area contributed by atoms with Crippen molar-refractivity contribution in [3.05, 3.63) is 81.8 Å². The minimum atomic E-state index is -3.92. The van der Waals surface area contributed by atoms with Crippen LogP contribution in [0.4, 0.5) is 20.2 Å². The molecule has 0 radical (unpaired) electrons. The normalized spacial score (nSPS) is 14.8. The number of amides is 1. The molecule has 1 atom stereocenters. The molecule has 1 N–H and O–H groups in total. The van der Waals surface area contributed by atoms with Gasteiger partial charge in [0.2, 0.25) is 0 Å². The van der Waals surface area contributed by atoms with Crippen molar-refractivity contribution in [2.75, 3.05) is 37.0 Å². The molecule has 0 aliphatic carbocycles. The molecular formula is C27H24Cl2F2N2O5. The molecule has 3 aromatic rings. The lowest BCUT2D eigenvalue weighted by Gasteiger charge is -2.33. The number of anilines is 2. The Balaban J connectivity index is 1.42. The van der Waals surface area contributed by atoms with E-state index >= 15 is 0 Å². The van der Waals surface area contributed by atoms with Crippen molar-refractivity contribution < 1.29 is 32.6 Å². The fraction of sp³-hybridized carbons (Fsp3) is 0.259. The van der Waals surface area contributed by atoms with E-state index in [1.807, 2.05) is 31.3 Å². The maximum absolute atomic E-state index is 14.4. The molecule has 0 spiro atoms. The quantitative estimate of drug-likeness (QED) is 0.329. The van der Waals surface area contributed by atoms with Gasteiger partial charge >= 0.3 is 11.9 Å². The number of esters is 1. The topological polar surface area (TPSA) is 77.1 Å². The van der Waals surface area contributed by atoms with Gasteiger partial charge in [0.15, 0.2) is 0 Å². The summed E-state index contributed by atoms with van der Waals surface area (Å²) >= 11 is 12.4. The number of para-hydroxylation sites is 2. The van der Waals surface area contributed by atoms with Crippen LogP contribution < -0.4 is 19.7 Å². The zero-order chi connectivity index (χ0) is 27.4. The molecule has 0 bridgehead atoms. The van der Waals surface area contributed by atoms with E-state index in [0.29, 0.717) is 12.3 Å². The second-order valence-corrected chi connectivity index (χ2v) is 9.30. The van der Waals surface area contributed by atoms with Gasteiger partial charge < -0.3 is 24.4 Å². The van der Waals surface area contributed by atoms with Gasteiger partial charge in [-0.3, -0.25) is 4.79 Å². The summed E-state index contributed by atoms with van der Waals surface area (Å²) in [5.41, 5.74) is 0.273. The number of fused-ring (bicyclic) bond motifs is 1. The lowest BCUT2D eigenvalue weighted by Crippen LogP contribution is -2.41. The van der Waals surface area contributed by atoms with E-state index in [1.165, 1.54) is 19.1 Å². The summed E-state index contributed by atoms with van der Waals surface area (Å²) < 4.78 is 45.2. The average molecular weight is 565 g/mol. The molecule has 200 valence electrons. The molecule has 3 aromatic carbocycles. The minimum Gasteiger partial charge on any atom is -0.490 e. The van der Waals surface area contributed by atoms with Gasteiger partial charge in [0.05, 0.1) is 40.1 Å². The molecule has 1 aliphatic heterocycles. The number of hydrogen-bond acceptors (Lipinski definition) is 6. The van der Waals surface area contributed by atoms with E-state index in [-0.39, 0.29) is 40.6 Å². The first-order valence-electron chi connectivity index (χ1n) is 11.7. The summed E-state index contributed by atoms with van der Waals surface area (Å²) in [7, 11) is 1.97. The second-order valence-electron chi connectivity index (χ2n) is 8.48. The Bertz CT molecular complexity index is 1350. The molecule has 11 heteroatoms. The highest BCUT2D eigenvalue weighted by Crippen LogP contribution is 2.35. The number of carbonyl (C=O) groups is 2. The third-order valence-corrected chi connectivity index (χ3v) is 6.42. The third kappa shape index (κ3) is 5.95. The van der Waals surface area contributed by atoms with E-state index in [4.69, 9.17) is 32.7 Å². The SMILES string of the molecule is CCOC(=O)C(F)(F)c1ccc(Cl)c(NC(=O)c2ccc(OC[C@@H]3CN(C)c4ccccc4O3)cc2Cl)c1. The Morgan fingerprint density at radius 2 is 1.87 bits per heavy atom. The summed E-state index contributed by atoms with van der Waals surface area (Å²) in [6.07, 6.45) is -0.223. The summed E-state index contributed by atoms with van der Waals surface area (Å²) in [5.74, 6) is -5.12. The second kappa shape index (κ2) is 11.4. The van der Waals surface area contributed by atoms with Crippen LogP contribution in [0.2, 0.25) is 10.0 Å². The van der Waals surface area contributed by atoms with E-state index in [9.17, 15) is 18.4 Å². The Kier molecular flexibility index (Phi) is 8.28. The van der Waals surface area contributed by atoms with Gasteiger partial charge in [-0.1, -0.05) is 41.4 Å². The van der Waals surface area contributed by atoms with Crippen LogP contribution in [-0.4, -0.2) is 44.8 Å². The van der Waals surface area contributed by atoms with Gasteiger partial charge in [-0.15, -0.1) is 0 Å². The fourth-order valence-corrected chi connectivity index (χ4v) is 4.31. The lowest BCUT2D eigenvalue weighted by atomic mass is 10.1. The first-order valence-corrected chi connectivity index (χ1v) is 12.4. The van der Waals surface area contributed by atoms with Gasteiger partial charge in [-0.05, 0) is 49.4 Å². The smallest absolute Gasteiger partial charge is 0.381 e. The van der Waals surface area contributed by atoms with Gasteiger partial charge in [0, 0.05) is 12.6 Å². The predicted octanol–water partition coefficient (Wildman–Crippen LogP) is 6.18. The van der Waals surface area contributed by atoms with E-state index in [1.54, 1.807) is 6.07 Å². The number of hydrogen-bond donors (Lipinski definition) is 1.